The molecular formula is C28H32O6. The molecule has 6 nitrogen and oxygen atoms in total. The van der Waals surface area contributed by atoms with Crippen LogP contribution in [0.4, 0.5) is 0 Å². The number of hydrogen-bond acceptors (Lipinski definition) is 6. The van der Waals surface area contributed by atoms with Crippen LogP contribution < -0.4 is 14.2 Å². The van der Waals surface area contributed by atoms with Crippen molar-refractivity contribution in [1.82, 2.24) is 0 Å². The number of hydrogen-bond donors (Lipinski definition) is 1. The molecule has 180 valence electrons. The van der Waals surface area contributed by atoms with Crippen molar-refractivity contribution >= 4 is 5.97 Å². The number of aliphatic hydroxyl groups excluding tert-OH is 1. The molecule has 1 N–H and O–H groups in total. The molecule has 0 aliphatic heterocycles. The van der Waals surface area contributed by atoms with Crippen LogP contribution in [-0.2, 0) is 16.0 Å². The normalized spacial score (nSPS) is 11.5. The third kappa shape index (κ3) is 7.52. The molecule has 0 aromatic heterocycles. The van der Waals surface area contributed by atoms with Gasteiger partial charge in [0.25, 0.3) is 0 Å². The number of rotatable bonds is 13. The predicted molar refractivity (Wildman–Crippen MR) is 131 cm³/mol. The molecule has 0 aliphatic carbocycles. The molecule has 0 saturated heterocycles. The fourth-order valence-corrected chi connectivity index (χ4v) is 3.41. The molecule has 0 fully saturated rings. The number of aliphatic hydroxyl groups is 1. The molecule has 3 aromatic rings. The van der Waals surface area contributed by atoms with Gasteiger partial charge >= 0.3 is 5.97 Å². The minimum Gasteiger partial charge on any atom is -0.493 e. The first-order valence-corrected chi connectivity index (χ1v) is 11.7. The van der Waals surface area contributed by atoms with Crippen molar-refractivity contribution in [2.75, 3.05) is 19.8 Å². The number of carbonyl (C=O) groups is 1. The van der Waals surface area contributed by atoms with Crippen molar-refractivity contribution < 1.29 is 28.8 Å². The number of esters is 1. The number of aryl methyl sites for hydroxylation is 1. The number of carbonyl (C=O) groups excluding carboxylic acids is 1. The van der Waals surface area contributed by atoms with E-state index in [1.807, 2.05) is 48.5 Å². The van der Waals surface area contributed by atoms with Crippen LogP contribution in [0.25, 0.3) is 0 Å². The first-order valence-electron chi connectivity index (χ1n) is 11.7. The Kier molecular flexibility index (Phi) is 9.80. The third-order valence-corrected chi connectivity index (χ3v) is 5.03. The lowest BCUT2D eigenvalue weighted by Gasteiger charge is -2.14. The summed E-state index contributed by atoms with van der Waals surface area (Å²) in [5.74, 6) is 2.35. The molecular weight excluding hydrogens is 432 g/mol. The van der Waals surface area contributed by atoms with Crippen molar-refractivity contribution in [3.8, 4) is 23.0 Å². The monoisotopic (exact) mass is 464 g/mol. The smallest absolute Gasteiger partial charge is 0.339 e. The Morgan fingerprint density at radius 2 is 1.62 bits per heavy atom. The van der Waals surface area contributed by atoms with E-state index >= 15 is 0 Å². The minimum absolute atomic E-state index is 0.217. The molecule has 3 aromatic carbocycles. The second-order valence-electron chi connectivity index (χ2n) is 7.71. The summed E-state index contributed by atoms with van der Waals surface area (Å²) < 4.78 is 22.6. The lowest BCUT2D eigenvalue weighted by atomic mass is 10.1. The van der Waals surface area contributed by atoms with E-state index in [0.29, 0.717) is 30.9 Å². The van der Waals surface area contributed by atoms with E-state index in [-0.39, 0.29) is 6.61 Å². The average Bonchev–Trinajstić information content (AvgIpc) is 2.85. The van der Waals surface area contributed by atoms with Crippen molar-refractivity contribution in [1.29, 1.82) is 0 Å². The highest BCUT2D eigenvalue weighted by atomic mass is 16.5. The molecule has 6 heteroatoms. The molecule has 1 unspecified atom stereocenters. The average molecular weight is 465 g/mol. The van der Waals surface area contributed by atoms with Crippen LogP contribution in [-0.4, -0.2) is 30.9 Å². The molecule has 1 atom stereocenters. The summed E-state index contributed by atoms with van der Waals surface area (Å²) in [6.45, 7) is 4.99. The molecule has 0 saturated carbocycles. The van der Waals surface area contributed by atoms with Crippen molar-refractivity contribution in [3.63, 3.8) is 0 Å². The number of ether oxygens (including phenoxy) is 4. The maximum atomic E-state index is 11.7. The lowest BCUT2D eigenvalue weighted by Crippen LogP contribution is -2.15. The molecule has 0 heterocycles. The Balaban J connectivity index is 1.49. The molecule has 3 rings (SSSR count). The molecule has 34 heavy (non-hydrogen) atoms. The second-order valence-corrected chi connectivity index (χ2v) is 7.71. The van der Waals surface area contributed by atoms with Crippen molar-refractivity contribution in [3.05, 3.63) is 83.9 Å². The van der Waals surface area contributed by atoms with E-state index < -0.39 is 12.1 Å². The van der Waals surface area contributed by atoms with Gasteiger partial charge in [-0.1, -0.05) is 43.7 Å². The van der Waals surface area contributed by atoms with Gasteiger partial charge in [-0.15, -0.1) is 0 Å². The quantitative estimate of drug-likeness (QED) is 0.252. The van der Waals surface area contributed by atoms with E-state index in [0.717, 1.165) is 35.7 Å². The largest absolute Gasteiger partial charge is 0.493 e. The summed E-state index contributed by atoms with van der Waals surface area (Å²) in [5, 5.41) is 10.1. The second kappa shape index (κ2) is 13.3. The van der Waals surface area contributed by atoms with Crippen LogP contribution in [0, 0.1) is 0 Å². The minimum atomic E-state index is -1.32. The van der Waals surface area contributed by atoms with Crippen LogP contribution in [0.2, 0.25) is 0 Å². The van der Waals surface area contributed by atoms with Crippen LogP contribution >= 0.6 is 0 Å². The number of para-hydroxylation sites is 1. The molecule has 0 radical (unpaired) electrons. The Bertz CT molecular complexity index is 1030. The fraction of sp³-hybridized carbons (Fsp3) is 0.321. The summed E-state index contributed by atoms with van der Waals surface area (Å²) in [6.07, 6.45) is 1.26. The summed E-state index contributed by atoms with van der Waals surface area (Å²) >= 11 is 0. The molecule has 0 spiro atoms. The van der Waals surface area contributed by atoms with E-state index in [1.54, 1.807) is 31.2 Å². The van der Waals surface area contributed by atoms with Crippen LogP contribution in [0.3, 0.4) is 0 Å². The fourth-order valence-electron chi connectivity index (χ4n) is 3.41. The Morgan fingerprint density at radius 3 is 2.38 bits per heavy atom. The van der Waals surface area contributed by atoms with Crippen LogP contribution in [0.1, 0.15) is 43.9 Å². The van der Waals surface area contributed by atoms with E-state index in [9.17, 15) is 9.90 Å². The highest BCUT2D eigenvalue weighted by Crippen LogP contribution is 2.29. The lowest BCUT2D eigenvalue weighted by molar-refractivity contribution is -0.153. The van der Waals surface area contributed by atoms with Gasteiger partial charge in [0.15, 0.2) is 6.10 Å². The zero-order valence-electron chi connectivity index (χ0n) is 19.7. The first kappa shape index (κ1) is 25.1. The number of benzene rings is 3. The summed E-state index contributed by atoms with van der Waals surface area (Å²) in [6, 6.07) is 22.4. The zero-order chi connectivity index (χ0) is 24.2. The van der Waals surface area contributed by atoms with Gasteiger partial charge in [-0.2, -0.15) is 0 Å². The van der Waals surface area contributed by atoms with Gasteiger partial charge in [-0.05, 0) is 66.9 Å². The van der Waals surface area contributed by atoms with Gasteiger partial charge in [0.2, 0.25) is 0 Å². The van der Waals surface area contributed by atoms with Gasteiger partial charge in [0.05, 0.1) is 19.8 Å². The topological polar surface area (TPSA) is 74.2 Å². The highest BCUT2D eigenvalue weighted by Gasteiger charge is 2.18. The van der Waals surface area contributed by atoms with E-state index in [1.165, 1.54) is 0 Å². The molecule has 0 bridgehead atoms. The Hall–Kier alpha value is -3.51. The zero-order valence-corrected chi connectivity index (χ0v) is 19.7. The van der Waals surface area contributed by atoms with E-state index in [4.69, 9.17) is 18.9 Å². The Labute approximate surface area is 201 Å². The maximum absolute atomic E-state index is 11.7. The Morgan fingerprint density at radius 1 is 0.853 bits per heavy atom. The highest BCUT2D eigenvalue weighted by molar-refractivity contribution is 5.76. The standard InChI is InChI=1S/C28H32O6/c1-3-10-21-19-25(34-23-12-6-5-7-13-23)15-16-26(21)33-18-9-17-32-24-14-8-11-22(20-24)27(29)28(30)31-4-2/h5-8,11-16,19-20,27,29H,3-4,9-10,17-18H2,1-2H3. The summed E-state index contributed by atoms with van der Waals surface area (Å²) in [7, 11) is 0. The summed E-state index contributed by atoms with van der Waals surface area (Å²) in [4.78, 5) is 11.7. The predicted octanol–water partition coefficient (Wildman–Crippen LogP) is 5.88. The van der Waals surface area contributed by atoms with Crippen LogP contribution in [0.15, 0.2) is 72.8 Å². The van der Waals surface area contributed by atoms with Gasteiger partial charge in [-0.3, -0.25) is 0 Å². The van der Waals surface area contributed by atoms with E-state index in [2.05, 4.69) is 6.92 Å². The molecule has 0 amide bonds. The van der Waals surface area contributed by atoms with Crippen molar-refractivity contribution in [2.45, 2.75) is 39.2 Å². The van der Waals surface area contributed by atoms with Gasteiger partial charge in [0.1, 0.15) is 23.0 Å². The van der Waals surface area contributed by atoms with Crippen molar-refractivity contribution in [2.24, 2.45) is 0 Å². The summed E-state index contributed by atoms with van der Waals surface area (Å²) in [5.41, 5.74) is 1.55. The maximum Gasteiger partial charge on any atom is 0.339 e. The van der Waals surface area contributed by atoms with Gasteiger partial charge < -0.3 is 24.1 Å². The molecule has 0 aliphatic rings. The van der Waals surface area contributed by atoms with Gasteiger partial charge in [-0.25, -0.2) is 4.79 Å². The van der Waals surface area contributed by atoms with Crippen LogP contribution in [0.5, 0.6) is 23.0 Å². The van der Waals surface area contributed by atoms with Gasteiger partial charge in [0, 0.05) is 6.42 Å². The third-order valence-electron chi connectivity index (χ3n) is 5.03. The first-order chi connectivity index (χ1) is 16.6. The SMILES string of the molecule is CCCc1cc(Oc2ccccc2)ccc1OCCCOc1cccc(C(O)C(=O)OCC)c1.